The van der Waals surface area contributed by atoms with Crippen LogP contribution in [0.2, 0.25) is 0 Å². The van der Waals surface area contributed by atoms with Gasteiger partial charge >= 0.3 is 5.97 Å². The maximum Gasteiger partial charge on any atom is 0.310 e. The van der Waals surface area contributed by atoms with Gasteiger partial charge in [0, 0.05) is 12.0 Å². The number of rotatable bonds is 10. The van der Waals surface area contributed by atoms with Gasteiger partial charge in [-0.3, -0.25) is 4.79 Å². The fraction of sp³-hybridized carbons (Fsp3) is 0.533. The van der Waals surface area contributed by atoms with Crippen molar-refractivity contribution in [2.45, 2.75) is 57.3 Å². The van der Waals surface area contributed by atoms with Crippen LogP contribution in [0.1, 0.15) is 68.4 Å². The van der Waals surface area contributed by atoms with Crippen molar-refractivity contribution >= 4 is 5.97 Å². The molecular weight excluding hydrogens is 436 g/mol. The Kier molecular flexibility index (Phi) is 6.84. The molecule has 5 heteroatoms. The van der Waals surface area contributed by atoms with Crippen LogP contribution in [0, 0.1) is 28.1 Å². The largest absolute Gasteiger partial charge is 0.492 e. The Morgan fingerprint density at radius 3 is 2.43 bits per heavy atom. The van der Waals surface area contributed by atoms with Gasteiger partial charge in [-0.05, 0) is 87.6 Å². The number of hydrogen-bond donors (Lipinski definition) is 1. The van der Waals surface area contributed by atoms with Gasteiger partial charge in [0.05, 0.1) is 17.6 Å². The second-order valence-electron chi connectivity index (χ2n) is 11.2. The molecule has 184 valence electrons. The molecule has 0 aromatic heterocycles. The molecule has 1 aliphatic heterocycles. The molecule has 2 aliphatic carbocycles. The number of benzene rings is 2. The molecule has 35 heavy (non-hydrogen) atoms. The maximum atomic E-state index is 11.9. The van der Waals surface area contributed by atoms with E-state index in [9.17, 15) is 15.2 Å². The lowest BCUT2D eigenvalue weighted by Gasteiger charge is -2.46. The van der Waals surface area contributed by atoms with E-state index >= 15 is 0 Å². The predicted octanol–water partition coefficient (Wildman–Crippen LogP) is 5.86. The molecular formula is C30H36N2O3. The van der Waals surface area contributed by atoms with Crippen LogP contribution in [0.5, 0.6) is 5.75 Å². The number of aliphatic carboxylic acids is 1. The number of nitrogens with zero attached hydrogens (tertiary/aromatic N) is 2. The summed E-state index contributed by atoms with van der Waals surface area (Å²) in [4.78, 5) is 14.3. The first-order chi connectivity index (χ1) is 17.0. The van der Waals surface area contributed by atoms with E-state index in [4.69, 9.17) is 4.74 Å². The number of hydrogen-bond acceptors (Lipinski definition) is 4. The van der Waals surface area contributed by atoms with Crippen molar-refractivity contribution in [2.24, 2.45) is 16.7 Å². The molecule has 1 unspecified atom stereocenters. The normalized spacial score (nSPS) is 24.7. The molecule has 2 atom stereocenters. The summed E-state index contributed by atoms with van der Waals surface area (Å²) in [5, 5.41) is 19.2. The molecule has 2 aromatic rings. The van der Waals surface area contributed by atoms with Crippen molar-refractivity contribution in [3.05, 3.63) is 65.7 Å². The van der Waals surface area contributed by atoms with Crippen LogP contribution in [-0.2, 0) is 4.79 Å². The Balaban J connectivity index is 1.23. The third-order valence-electron chi connectivity index (χ3n) is 8.94. The minimum atomic E-state index is -0.627. The van der Waals surface area contributed by atoms with E-state index in [1.807, 2.05) is 24.3 Å². The monoisotopic (exact) mass is 472 g/mol. The number of piperidine rings is 1. The van der Waals surface area contributed by atoms with E-state index < -0.39 is 11.4 Å². The molecule has 1 saturated heterocycles. The van der Waals surface area contributed by atoms with Gasteiger partial charge in [0.25, 0.3) is 0 Å². The first-order valence-electron chi connectivity index (χ1n) is 13.2. The lowest BCUT2D eigenvalue weighted by Crippen LogP contribution is -2.51. The molecule has 3 fully saturated rings. The van der Waals surface area contributed by atoms with Crippen molar-refractivity contribution in [1.29, 1.82) is 5.26 Å². The van der Waals surface area contributed by atoms with Gasteiger partial charge in [-0.25, -0.2) is 0 Å². The van der Waals surface area contributed by atoms with Crippen molar-refractivity contribution in [3.63, 3.8) is 0 Å². The van der Waals surface area contributed by atoms with Crippen LogP contribution in [-0.4, -0.2) is 42.2 Å². The third kappa shape index (κ3) is 5.23. The molecule has 2 aromatic carbocycles. The van der Waals surface area contributed by atoms with Crippen LogP contribution in [0.15, 0.2) is 54.6 Å². The lowest BCUT2D eigenvalue weighted by atomic mass is 9.67. The molecule has 0 bridgehead atoms. The van der Waals surface area contributed by atoms with Gasteiger partial charge in [-0.15, -0.1) is 0 Å². The molecule has 2 saturated carbocycles. The highest BCUT2D eigenvalue weighted by atomic mass is 16.5. The van der Waals surface area contributed by atoms with Gasteiger partial charge in [0.15, 0.2) is 0 Å². The average Bonchev–Trinajstić information content (AvgIpc) is 3.65. The Labute approximate surface area is 208 Å². The number of carboxylic acid groups (broad SMARTS) is 1. The fourth-order valence-electron chi connectivity index (χ4n) is 6.21. The Morgan fingerprint density at radius 1 is 1.06 bits per heavy atom. The number of ether oxygens (including phenoxy) is 1. The summed E-state index contributed by atoms with van der Waals surface area (Å²) in [6.07, 6.45) is 8.25. The first kappa shape index (κ1) is 23.9. The molecule has 5 nitrogen and oxygen atoms in total. The Morgan fingerprint density at radius 2 is 1.77 bits per heavy atom. The molecule has 0 radical (unpaired) electrons. The lowest BCUT2D eigenvalue weighted by molar-refractivity contribution is -0.156. The fourth-order valence-corrected chi connectivity index (χ4v) is 6.21. The second kappa shape index (κ2) is 10.0. The second-order valence-corrected chi connectivity index (χ2v) is 11.2. The van der Waals surface area contributed by atoms with Crippen LogP contribution < -0.4 is 4.74 Å². The number of nitriles is 1. The van der Waals surface area contributed by atoms with Crippen molar-refractivity contribution in [3.8, 4) is 11.8 Å². The SMILES string of the molecule is N#Cc1ccccc1OCC1(CC[C@@H]2CC2c2ccccc2)CCN(CC2(C(=O)O)CCC2)CC1. The number of carbonyl (C=O) groups is 1. The standard InChI is InChI=1S/C30H36N2O3/c31-20-25-9-4-5-10-27(25)35-22-29(14-11-24-19-26(24)23-7-2-1-3-8-23)15-17-32(18-16-29)21-30(28(33)34)12-6-13-30/h1-5,7-10,24,26H,6,11-19,21-22H2,(H,33,34)/t24-,26?/m1/s1. The molecule has 0 amide bonds. The number of likely N-dealkylation sites (tertiary alicyclic amines) is 1. The average molecular weight is 473 g/mol. The van der Waals surface area contributed by atoms with Crippen LogP contribution in [0.4, 0.5) is 0 Å². The van der Waals surface area contributed by atoms with E-state index in [1.54, 1.807) is 0 Å². The minimum Gasteiger partial charge on any atom is -0.492 e. The Hall–Kier alpha value is -2.84. The highest BCUT2D eigenvalue weighted by molar-refractivity contribution is 5.76. The maximum absolute atomic E-state index is 11.9. The van der Waals surface area contributed by atoms with Crippen molar-refractivity contribution in [2.75, 3.05) is 26.2 Å². The van der Waals surface area contributed by atoms with Gasteiger partial charge in [0.1, 0.15) is 11.8 Å². The minimum absolute atomic E-state index is 0.0683. The Bertz CT molecular complexity index is 1060. The number of para-hydroxylation sites is 1. The molecule has 1 N–H and O–H groups in total. The van der Waals surface area contributed by atoms with E-state index in [0.29, 0.717) is 30.4 Å². The van der Waals surface area contributed by atoms with Crippen LogP contribution >= 0.6 is 0 Å². The number of carboxylic acids is 1. The van der Waals surface area contributed by atoms with E-state index in [1.165, 1.54) is 18.4 Å². The molecule has 5 rings (SSSR count). The highest BCUT2D eigenvalue weighted by Crippen LogP contribution is 2.52. The topological polar surface area (TPSA) is 73.6 Å². The summed E-state index contributed by atoms with van der Waals surface area (Å²) in [6.45, 7) is 3.14. The summed E-state index contributed by atoms with van der Waals surface area (Å²) in [5.74, 6) is 1.47. The summed E-state index contributed by atoms with van der Waals surface area (Å²) in [7, 11) is 0. The zero-order valence-corrected chi connectivity index (χ0v) is 20.5. The summed E-state index contributed by atoms with van der Waals surface area (Å²) >= 11 is 0. The van der Waals surface area contributed by atoms with E-state index in [-0.39, 0.29) is 5.41 Å². The van der Waals surface area contributed by atoms with Gasteiger partial charge in [-0.2, -0.15) is 5.26 Å². The van der Waals surface area contributed by atoms with Crippen molar-refractivity contribution in [1.82, 2.24) is 4.90 Å². The van der Waals surface area contributed by atoms with E-state index in [2.05, 4.69) is 41.3 Å². The molecule has 3 aliphatic rings. The molecule has 0 spiro atoms. The molecule has 1 heterocycles. The highest BCUT2D eigenvalue weighted by Gasteiger charge is 2.47. The summed E-state index contributed by atoms with van der Waals surface area (Å²) < 4.78 is 6.31. The van der Waals surface area contributed by atoms with E-state index in [0.717, 1.165) is 57.5 Å². The van der Waals surface area contributed by atoms with Crippen LogP contribution in [0.3, 0.4) is 0 Å². The zero-order chi connectivity index (χ0) is 24.3. The first-order valence-corrected chi connectivity index (χ1v) is 13.2. The van der Waals surface area contributed by atoms with Crippen LogP contribution in [0.25, 0.3) is 0 Å². The summed E-state index contributed by atoms with van der Waals surface area (Å²) in [5.41, 5.74) is 1.58. The van der Waals surface area contributed by atoms with Gasteiger partial charge in [-0.1, -0.05) is 48.9 Å². The van der Waals surface area contributed by atoms with Crippen molar-refractivity contribution < 1.29 is 14.6 Å². The zero-order valence-electron chi connectivity index (χ0n) is 20.5. The quantitative estimate of drug-likeness (QED) is 0.469. The van der Waals surface area contributed by atoms with Gasteiger partial charge < -0.3 is 14.7 Å². The third-order valence-corrected chi connectivity index (χ3v) is 8.94. The smallest absolute Gasteiger partial charge is 0.310 e. The van der Waals surface area contributed by atoms with Gasteiger partial charge in [0.2, 0.25) is 0 Å². The predicted molar refractivity (Wildman–Crippen MR) is 135 cm³/mol. The summed E-state index contributed by atoms with van der Waals surface area (Å²) in [6, 6.07) is 20.6.